The normalized spacial score (nSPS) is 12.0. The van der Waals surface area contributed by atoms with Gasteiger partial charge in [-0.1, -0.05) is 0 Å². The highest BCUT2D eigenvalue weighted by Gasteiger charge is 2.16. The first-order valence-electron chi connectivity index (χ1n) is 7.34. The summed E-state index contributed by atoms with van der Waals surface area (Å²) in [7, 11) is 0. The molecule has 2 amide bonds. The Kier molecular flexibility index (Phi) is 6.83. The van der Waals surface area contributed by atoms with Gasteiger partial charge < -0.3 is 20.8 Å². The summed E-state index contributed by atoms with van der Waals surface area (Å²) in [6.45, 7) is 1.77. The highest BCUT2D eigenvalue weighted by atomic mass is 32.2. The van der Waals surface area contributed by atoms with E-state index in [-0.39, 0.29) is 11.8 Å². The van der Waals surface area contributed by atoms with Crippen LogP contribution in [0.25, 0.3) is 11.5 Å². The van der Waals surface area contributed by atoms with Gasteiger partial charge in [0.05, 0.1) is 12.6 Å². The second-order valence-corrected chi connectivity index (χ2v) is 6.93. The fourth-order valence-electron chi connectivity index (χ4n) is 1.84. The monoisotopic (exact) mass is 368 g/mol. The van der Waals surface area contributed by atoms with Gasteiger partial charge in [0.25, 0.3) is 0 Å². The maximum absolute atomic E-state index is 12.0. The Balaban J connectivity index is 1.95. The fourth-order valence-corrected chi connectivity index (χ4v) is 3.03. The number of anilines is 1. The van der Waals surface area contributed by atoms with Crippen LogP contribution in [0.1, 0.15) is 19.1 Å². The lowest BCUT2D eigenvalue weighted by Crippen LogP contribution is -2.36. The van der Waals surface area contributed by atoms with Crippen LogP contribution in [0.3, 0.4) is 0 Å². The Labute approximate surface area is 148 Å². The van der Waals surface area contributed by atoms with E-state index >= 15 is 0 Å². The Hall–Kier alpha value is -1.84. The molecule has 2 aromatic heterocycles. The van der Waals surface area contributed by atoms with E-state index in [2.05, 4.69) is 15.6 Å². The van der Waals surface area contributed by atoms with Crippen molar-refractivity contribution in [1.82, 2.24) is 10.3 Å². The lowest BCUT2D eigenvalue weighted by Gasteiger charge is -2.09. The first-order valence-corrected chi connectivity index (χ1v) is 9.61. The summed E-state index contributed by atoms with van der Waals surface area (Å²) in [5.74, 6) is 1.69. The lowest BCUT2D eigenvalue weighted by atomic mass is 10.2. The zero-order valence-electron chi connectivity index (χ0n) is 13.5. The van der Waals surface area contributed by atoms with Crippen molar-refractivity contribution in [1.29, 1.82) is 0 Å². The molecule has 0 aromatic carbocycles. The van der Waals surface area contributed by atoms with E-state index < -0.39 is 6.04 Å². The number of thioether (sulfide) groups is 1. The number of rotatable bonds is 8. The summed E-state index contributed by atoms with van der Waals surface area (Å²) in [6.07, 6.45) is 2.59. The van der Waals surface area contributed by atoms with Gasteiger partial charge in [-0.3, -0.25) is 9.59 Å². The van der Waals surface area contributed by atoms with Crippen molar-refractivity contribution in [2.75, 3.05) is 17.3 Å². The van der Waals surface area contributed by atoms with Crippen molar-refractivity contribution >= 4 is 40.0 Å². The van der Waals surface area contributed by atoms with Crippen molar-refractivity contribution in [2.24, 2.45) is 5.73 Å². The first-order chi connectivity index (χ1) is 11.5. The number of nitrogens with zero attached hydrogens (tertiary/aromatic N) is 1. The predicted molar refractivity (Wildman–Crippen MR) is 96.9 cm³/mol. The molecule has 9 heteroatoms. The minimum Gasteiger partial charge on any atom is -0.458 e. The summed E-state index contributed by atoms with van der Waals surface area (Å²) in [5.41, 5.74) is 6.46. The third kappa shape index (κ3) is 5.36. The molecule has 0 aliphatic rings. The number of carbonyl (C=O) groups excluding carboxylic acids is 2. The van der Waals surface area contributed by atoms with Crippen LogP contribution in [-0.2, 0) is 16.1 Å². The molecule has 2 heterocycles. The standard InChI is InChI=1S/C15H20N4O3S2/c1-9(20)17-7-10-3-4-13(22-10)12-8-24-15(18-12)19-14(21)11(16)5-6-23-2/h3-4,8,11H,5-7,16H2,1-2H3,(H,17,20)(H,18,19,21). The van der Waals surface area contributed by atoms with E-state index in [1.165, 1.54) is 18.3 Å². The molecule has 1 unspecified atom stereocenters. The topological polar surface area (TPSA) is 110 Å². The van der Waals surface area contributed by atoms with Gasteiger partial charge in [0.2, 0.25) is 11.8 Å². The average molecular weight is 368 g/mol. The van der Waals surface area contributed by atoms with Gasteiger partial charge in [-0.25, -0.2) is 4.98 Å². The van der Waals surface area contributed by atoms with E-state index in [9.17, 15) is 9.59 Å². The molecule has 0 saturated heterocycles. The molecule has 4 N–H and O–H groups in total. The second-order valence-electron chi connectivity index (χ2n) is 5.09. The average Bonchev–Trinajstić information content (AvgIpc) is 3.19. The van der Waals surface area contributed by atoms with Crippen molar-refractivity contribution < 1.29 is 14.0 Å². The summed E-state index contributed by atoms with van der Waals surface area (Å²) in [6, 6.07) is 3.01. The molecular weight excluding hydrogens is 348 g/mol. The van der Waals surface area contributed by atoms with Crippen molar-refractivity contribution in [3.05, 3.63) is 23.3 Å². The Bertz CT molecular complexity index is 698. The highest BCUT2D eigenvalue weighted by Crippen LogP contribution is 2.26. The predicted octanol–water partition coefficient (Wildman–Crippen LogP) is 2.06. The SMILES string of the molecule is CSCCC(N)C(=O)Nc1nc(-c2ccc(CNC(C)=O)o2)cs1. The molecule has 0 aliphatic heterocycles. The summed E-state index contributed by atoms with van der Waals surface area (Å²) >= 11 is 2.96. The molecule has 1 atom stereocenters. The molecule has 130 valence electrons. The van der Waals surface area contributed by atoms with E-state index in [4.69, 9.17) is 10.2 Å². The molecule has 7 nitrogen and oxygen atoms in total. The van der Waals surface area contributed by atoms with Crippen LogP contribution in [0.4, 0.5) is 5.13 Å². The maximum Gasteiger partial charge on any atom is 0.243 e. The number of hydrogen-bond acceptors (Lipinski definition) is 7. The minimum absolute atomic E-state index is 0.121. The Morgan fingerprint density at radius 3 is 2.96 bits per heavy atom. The molecule has 0 spiro atoms. The number of carbonyl (C=O) groups is 2. The number of thiazole rings is 1. The maximum atomic E-state index is 12.0. The number of nitrogens with two attached hydrogens (primary N) is 1. The van der Waals surface area contributed by atoms with Crippen LogP contribution in [0.15, 0.2) is 21.9 Å². The van der Waals surface area contributed by atoms with E-state index in [0.29, 0.717) is 35.3 Å². The second kappa shape index (κ2) is 8.86. The summed E-state index contributed by atoms with van der Waals surface area (Å²) in [4.78, 5) is 27.2. The van der Waals surface area contributed by atoms with Gasteiger partial charge in [0.1, 0.15) is 11.5 Å². The van der Waals surface area contributed by atoms with E-state index in [1.807, 2.05) is 6.26 Å². The number of aromatic nitrogens is 1. The van der Waals surface area contributed by atoms with Gasteiger partial charge in [-0.05, 0) is 30.6 Å². The molecule has 0 aliphatic carbocycles. The number of amides is 2. The summed E-state index contributed by atoms with van der Waals surface area (Å²) < 4.78 is 5.63. The molecule has 0 saturated carbocycles. The summed E-state index contributed by atoms with van der Waals surface area (Å²) in [5, 5.41) is 7.66. The fraction of sp³-hybridized carbons (Fsp3) is 0.400. The lowest BCUT2D eigenvalue weighted by molar-refractivity contribution is -0.119. The van der Waals surface area contributed by atoms with Crippen LogP contribution in [0.2, 0.25) is 0 Å². The molecule has 2 rings (SSSR count). The van der Waals surface area contributed by atoms with Gasteiger partial charge >= 0.3 is 0 Å². The molecular formula is C15H20N4O3S2. The third-order valence-electron chi connectivity index (χ3n) is 3.13. The first kappa shape index (κ1) is 18.5. The van der Waals surface area contributed by atoms with Crippen LogP contribution in [0.5, 0.6) is 0 Å². The zero-order valence-corrected chi connectivity index (χ0v) is 15.1. The van der Waals surface area contributed by atoms with E-state index in [1.54, 1.807) is 29.3 Å². The molecule has 2 aromatic rings. The van der Waals surface area contributed by atoms with Crippen LogP contribution < -0.4 is 16.4 Å². The zero-order chi connectivity index (χ0) is 17.5. The van der Waals surface area contributed by atoms with Gasteiger partial charge in [0, 0.05) is 12.3 Å². The molecule has 0 bridgehead atoms. The molecule has 0 radical (unpaired) electrons. The number of nitrogens with one attached hydrogen (secondary N) is 2. The highest BCUT2D eigenvalue weighted by molar-refractivity contribution is 7.98. The quantitative estimate of drug-likeness (QED) is 0.658. The van der Waals surface area contributed by atoms with Gasteiger partial charge in [-0.2, -0.15) is 11.8 Å². The largest absolute Gasteiger partial charge is 0.458 e. The van der Waals surface area contributed by atoms with Gasteiger partial charge in [0.15, 0.2) is 10.9 Å². The number of furan rings is 1. The van der Waals surface area contributed by atoms with Crippen molar-refractivity contribution in [2.45, 2.75) is 25.9 Å². The molecule has 24 heavy (non-hydrogen) atoms. The van der Waals surface area contributed by atoms with E-state index in [0.717, 1.165) is 5.75 Å². The van der Waals surface area contributed by atoms with Crippen LogP contribution >= 0.6 is 23.1 Å². The van der Waals surface area contributed by atoms with Crippen molar-refractivity contribution in [3.8, 4) is 11.5 Å². The number of hydrogen-bond donors (Lipinski definition) is 3. The van der Waals surface area contributed by atoms with Gasteiger partial charge in [-0.15, -0.1) is 11.3 Å². The smallest absolute Gasteiger partial charge is 0.243 e. The van der Waals surface area contributed by atoms with Crippen LogP contribution in [-0.4, -0.2) is 34.8 Å². The Morgan fingerprint density at radius 1 is 1.46 bits per heavy atom. The van der Waals surface area contributed by atoms with Crippen molar-refractivity contribution in [3.63, 3.8) is 0 Å². The third-order valence-corrected chi connectivity index (χ3v) is 4.53. The minimum atomic E-state index is -0.544. The Morgan fingerprint density at radius 2 is 2.25 bits per heavy atom. The molecule has 0 fully saturated rings. The van der Waals surface area contributed by atoms with Crippen LogP contribution in [0, 0.1) is 0 Å².